The van der Waals surface area contributed by atoms with Crippen LogP contribution < -0.4 is 10.2 Å². The van der Waals surface area contributed by atoms with Crippen LogP contribution in [0.15, 0.2) is 0 Å². The summed E-state index contributed by atoms with van der Waals surface area (Å²) >= 11 is 5.04. The SMILES string of the molecule is O=C([O-])c1c(C(F)(F)F)nc(C(F)(F)F)c(C(=O)[O-])c1Cl. The van der Waals surface area contributed by atoms with Crippen LogP contribution in [0.2, 0.25) is 5.02 Å². The molecule has 1 rings (SSSR count). The fraction of sp³-hybridized carbons (Fsp3) is 0.222. The van der Waals surface area contributed by atoms with Gasteiger partial charge in [0.25, 0.3) is 0 Å². The van der Waals surface area contributed by atoms with E-state index in [0.717, 1.165) is 0 Å². The number of carbonyl (C=O) groups is 2. The maximum Gasteiger partial charge on any atom is 0.434 e. The van der Waals surface area contributed by atoms with Gasteiger partial charge in [-0.1, -0.05) is 11.6 Å². The van der Waals surface area contributed by atoms with Gasteiger partial charge in [0.1, 0.15) is 0 Å². The Morgan fingerprint density at radius 1 is 0.857 bits per heavy atom. The molecule has 21 heavy (non-hydrogen) atoms. The molecule has 0 atom stereocenters. The molecule has 1 heterocycles. The fourth-order valence-electron chi connectivity index (χ4n) is 1.34. The van der Waals surface area contributed by atoms with E-state index in [2.05, 4.69) is 0 Å². The van der Waals surface area contributed by atoms with Crippen LogP contribution >= 0.6 is 11.6 Å². The van der Waals surface area contributed by atoms with Crippen LogP contribution in [0, 0.1) is 0 Å². The van der Waals surface area contributed by atoms with Crippen LogP contribution in [0.25, 0.3) is 0 Å². The predicted molar refractivity (Wildman–Crippen MR) is 47.9 cm³/mol. The van der Waals surface area contributed by atoms with Gasteiger partial charge >= 0.3 is 12.4 Å². The van der Waals surface area contributed by atoms with Gasteiger partial charge in [0, 0.05) is 11.1 Å². The molecule has 0 unspecified atom stereocenters. The smallest absolute Gasteiger partial charge is 0.434 e. The highest BCUT2D eigenvalue weighted by Gasteiger charge is 2.44. The summed E-state index contributed by atoms with van der Waals surface area (Å²) in [7, 11) is 0. The summed E-state index contributed by atoms with van der Waals surface area (Å²) in [5, 5.41) is 19.4. The standard InChI is InChI=1S/C9H2ClF6NO4/c10-3-1(6(18)19)4(8(11,12)13)17-5(9(14,15)16)2(3)7(20)21/h(H,18,19)(H,20,21)/p-2. The minimum absolute atomic E-state index is 1.83. The van der Waals surface area contributed by atoms with Crippen molar-refractivity contribution < 1.29 is 46.1 Å². The molecule has 0 amide bonds. The lowest BCUT2D eigenvalue weighted by molar-refractivity contribution is -0.256. The Hall–Kier alpha value is -2.04. The molecule has 12 heteroatoms. The summed E-state index contributed by atoms with van der Waals surface area (Å²) in [6.07, 6.45) is -11.3. The van der Waals surface area contributed by atoms with Gasteiger partial charge in [-0.15, -0.1) is 0 Å². The van der Waals surface area contributed by atoms with Crippen LogP contribution in [-0.2, 0) is 12.4 Å². The van der Waals surface area contributed by atoms with Gasteiger partial charge in [0.05, 0.1) is 17.0 Å². The van der Waals surface area contributed by atoms with E-state index < -0.39 is 51.8 Å². The van der Waals surface area contributed by atoms with Gasteiger partial charge in [-0.2, -0.15) is 26.3 Å². The molecular weight excluding hydrogens is 336 g/mol. The summed E-state index contributed by atoms with van der Waals surface area (Å²) in [5.41, 5.74) is -9.08. The first kappa shape index (κ1) is 17.0. The van der Waals surface area contributed by atoms with Crippen molar-refractivity contribution in [3.8, 4) is 0 Å². The third-order valence-corrected chi connectivity index (χ3v) is 2.46. The highest BCUT2D eigenvalue weighted by atomic mass is 35.5. The number of nitrogens with zero attached hydrogens (tertiary/aromatic N) is 1. The number of hydrogen-bond donors (Lipinski definition) is 0. The van der Waals surface area contributed by atoms with Gasteiger partial charge in [0.2, 0.25) is 0 Å². The first-order chi connectivity index (χ1) is 9.28. The van der Waals surface area contributed by atoms with Crippen molar-refractivity contribution >= 4 is 23.5 Å². The van der Waals surface area contributed by atoms with Gasteiger partial charge in [0.15, 0.2) is 11.4 Å². The van der Waals surface area contributed by atoms with E-state index in [9.17, 15) is 46.1 Å². The van der Waals surface area contributed by atoms with Crippen molar-refractivity contribution in [3.05, 3.63) is 27.5 Å². The number of aromatic carboxylic acids is 2. The summed E-state index contributed by atoms with van der Waals surface area (Å²) in [5.74, 6) is -5.29. The first-order valence-corrected chi connectivity index (χ1v) is 4.96. The van der Waals surface area contributed by atoms with Gasteiger partial charge in [-0.05, 0) is 0 Å². The maximum absolute atomic E-state index is 12.5. The molecule has 1 aromatic heterocycles. The molecule has 0 fully saturated rings. The Morgan fingerprint density at radius 3 is 1.33 bits per heavy atom. The van der Waals surface area contributed by atoms with Crippen molar-refractivity contribution in [3.63, 3.8) is 0 Å². The first-order valence-electron chi connectivity index (χ1n) is 4.59. The topological polar surface area (TPSA) is 93.2 Å². The van der Waals surface area contributed by atoms with E-state index in [0.29, 0.717) is 0 Å². The van der Waals surface area contributed by atoms with Crippen molar-refractivity contribution in [1.82, 2.24) is 4.98 Å². The molecule has 0 aromatic carbocycles. The summed E-state index contributed by atoms with van der Waals surface area (Å²) in [6.45, 7) is 0. The van der Waals surface area contributed by atoms with Crippen LogP contribution in [-0.4, -0.2) is 16.9 Å². The molecule has 5 nitrogen and oxygen atoms in total. The molecule has 0 saturated heterocycles. The van der Waals surface area contributed by atoms with E-state index in [-0.39, 0.29) is 0 Å². The zero-order chi connectivity index (χ0) is 16.7. The second-order valence-electron chi connectivity index (χ2n) is 3.44. The Morgan fingerprint density at radius 2 is 1.14 bits per heavy atom. The number of carboxylic acid groups (broad SMARTS) is 2. The number of pyridine rings is 1. The quantitative estimate of drug-likeness (QED) is 0.734. The van der Waals surface area contributed by atoms with Crippen LogP contribution in [0.3, 0.4) is 0 Å². The molecule has 0 aliphatic heterocycles. The number of carbonyl (C=O) groups excluding carboxylic acids is 2. The summed E-state index contributed by atoms with van der Waals surface area (Å²) < 4.78 is 75.3. The monoisotopic (exact) mass is 335 g/mol. The lowest BCUT2D eigenvalue weighted by atomic mass is 10.1. The van der Waals surface area contributed by atoms with Gasteiger partial charge in [-0.25, -0.2) is 4.98 Å². The number of rotatable bonds is 2. The zero-order valence-electron chi connectivity index (χ0n) is 9.23. The van der Waals surface area contributed by atoms with Crippen LogP contribution in [0.5, 0.6) is 0 Å². The van der Waals surface area contributed by atoms with Crippen molar-refractivity contribution in [1.29, 1.82) is 0 Å². The molecular formula is C9ClF6NO4-2. The third-order valence-electron chi connectivity index (χ3n) is 2.08. The fourth-order valence-corrected chi connectivity index (χ4v) is 1.67. The highest BCUT2D eigenvalue weighted by molar-refractivity contribution is 6.36. The van der Waals surface area contributed by atoms with E-state index >= 15 is 0 Å². The molecule has 0 bridgehead atoms. The average Bonchev–Trinajstić information content (AvgIpc) is 2.23. The van der Waals surface area contributed by atoms with Crippen molar-refractivity contribution in [2.45, 2.75) is 12.4 Å². The average molecular weight is 336 g/mol. The molecule has 1 aromatic rings. The molecule has 0 saturated carbocycles. The van der Waals surface area contributed by atoms with Crippen LogP contribution in [0.4, 0.5) is 26.3 Å². The Kier molecular flexibility index (Phi) is 4.10. The number of carboxylic acids is 2. The van der Waals surface area contributed by atoms with Crippen molar-refractivity contribution in [2.24, 2.45) is 0 Å². The maximum atomic E-state index is 12.5. The number of hydrogen-bond acceptors (Lipinski definition) is 5. The summed E-state index contributed by atoms with van der Waals surface area (Å²) in [4.78, 5) is 23.2. The molecule has 0 N–H and O–H groups in total. The number of aromatic nitrogens is 1. The Balaban J connectivity index is 3.99. The Bertz CT molecular complexity index is 574. The van der Waals surface area contributed by atoms with E-state index in [1.165, 1.54) is 0 Å². The molecule has 0 radical (unpaired) electrons. The molecule has 0 spiro atoms. The Labute approximate surface area is 115 Å². The van der Waals surface area contributed by atoms with E-state index in [1.807, 2.05) is 4.98 Å². The summed E-state index contributed by atoms with van der Waals surface area (Å²) in [6, 6.07) is 0. The number of alkyl halides is 6. The van der Waals surface area contributed by atoms with Crippen molar-refractivity contribution in [2.75, 3.05) is 0 Å². The van der Waals surface area contributed by atoms with Gasteiger partial charge in [-0.3, -0.25) is 0 Å². The molecule has 116 valence electrons. The minimum Gasteiger partial charge on any atom is -0.545 e. The second-order valence-corrected chi connectivity index (χ2v) is 3.82. The van der Waals surface area contributed by atoms with Gasteiger partial charge < -0.3 is 19.8 Å². The minimum atomic E-state index is -5.64. The highest BCUT2D eigenvalue weighted by Crippen LogP contribution is 2.40. The molecule has 0 aliphatic carbocycles. The largest absolute Gasteiger partial charge is 0.545 e. The van der Waals surface area contributed by atoms with Crippen LogP contribution in [0.1, 0.15) is 32.1 Å². The molecule has 0 aliphatic rings. The van der Waals surface area contributed by atoms with E-state index in [1.54, 1.807) is 0 Å². The second kappa shape index (κ2) is 5.06. The third kappa shape index (κ3) is 3.17. The normalized spacial score (nSPS) is 12.3. The zero-order valence-corrected chi connectivity index (χ0v) is 9.98. The lowest BCUT2D eigenvalue weighted by Gasteiger charge is -2.21. The predicted octanol–water partition coefficient (Wildman–Crippen LogP) is 0.500. The number of halogens is 7. The lowest BCUT2D eigenvalue weighted by Crippen LogP contribution is -2.33. The van der Waals surface area contributed by atoms with E-state index in [4.69, 9.17) is 11.6 Å².